The van der Waals surface area contributed by atoms with E-state index < -0.39 is 6.04 Å². The fraction of sp³-hybridized carbons (Fsp3) is 0.364. The second-order valence-corrected chi connectivity index (χ2v) is 3.61. The highest BCUT2D eigenvalue weighted by molar-refractivity contribution is 5.80. The molecule has 0 aliphatic carbocycles. The van der Waals surface area contributed by atoms with Gasteiger partial charge in [-0.1, -0.05) is 12.1 Å². The number of likely N-dealkylation sites (N-methyl/N-ethyl adjacent to an activating group) is 1. The van der Waals surface area contributed by atoms with Crippen molar-refractivity contribution in [3.63, 3.8) is 0 Å². The molecule has 0 unspecified atom stereocenters. The van der Waals surface area contributed by atoms with Crippen molar-refractivity contribution >= 4 is 5.91 Å². The Morgan fingerprint density at radius 3 is 2.47 bits per heavy atom. The molecule has 0 aliphatic rings. The van der Waals surface area contributed by atoms with Crippen molar-refractivity contribution in [3.8, 4) is 0 Å². The van der Waals surface area contributed by atoms with Gasteiger partial charge in [-0.25, -0.2) is 4.39 Å². The van der Waals surface area contributed by atoms with Crippen LogP contribution in [0, 0.1) is 5.82 Å². The zero-order valence-corrected chi connectivity index (χ0v) is 8.90. The first kappa shape index (κ1) is 11.7. The number of amides is 1. The first-order chi connectivity index (χ1) is 7.00. The lowest BCUT2D eigenvalue weighted by Crippen LogP contribution is -2.39. The van der Waals surface area contributed by atoms with Crippen molar-refractivity contribution in [2.75, 3.05) is 7.05 Å². The Morgan fingerprint density at radius 1 is 1.47 bits per heavy atom. The molecule has 4 heteroatoms. The highest BCUT2D eigenvalue weighted by Crippen LogP contribution is 2.06. The highest BCUT2D eigenvalue weighted by Gasteiger charge is 2.13. The number of halogens is 1. The van der Waals surface area contributed by atoms with Gasteiger partial charge in [-0.05, 0) is 24.6 Å². The van der Waals surface area contributed by atoms with E-state index in [0.717, 1.165) is 5.56 Å². The van der Waals surface area contributed by atoms with E-state index in [1.54, 1.807) is 26.1 Å². The predicted octanol–water partition coefficient (Wildman–Crippen LogP) is 1.13. The Kier molecular flexibility index (Phi) is 3.80. The summed E-state index contributed by atoms with van der Waals surface area (Å²) in [7, 11) is 1.68. The molecule has 0 fully saturated rings. The van der Waals surface area contributed by atoms with E-state index in [4.69, 9.17) is 5.73 Å². The van der Waals surface area contributed by atoms with E-state index in [0.29, 0.717) is 6.54 Å². The fourth-order valence-corrected chi connectivity index (χ4v) is 1.29. The fourth-order valence-electron chi connectivity index (χ4n) is 1.29. The first-order valence-electron chi connectivity index (χ1n) is 4.75. The van der Waals surface area contributed by atoms with Crippen LogP contribution in [0.15, 0.2) is 24.3 Å². The van der Waals surface area contributed by atoms with Gasteiger partial charge in [0.05, 0.1) is 6.04 Å². The van der Waals surface area contributed by atoms with Gasteiger partial charge in [0.25, 0.3) is 0 Å². The zero-order valence-electron chi connectivity index (χ0n) is 8.90. The standard InChI is InChI=1S/C11H15FN2O/c1-8(13)11(15)14(2)7-9-3-5-10(12)6-4-9/h3-6,8H,7,13H2,1-2H3/t8-/m0/s1. The van der Waals surface area contributed by atoms with Crippen LogP contribution in [0.5, 0.6) is 0 Å². The minimum absolute atomic E-state index is 0.126. The molecule has 15 heavy (non-hydrogen) atoms. The number of rotatable bonds is 3. The first-order valence-corrected chi connectivity index (χ1v) is 4.75. The number of hydrogen-bond acceptors (Lipinski definition) is 2. The van der Waals surface area contributed by atoms with Gasteiger partial charge in [-0.2, -0.15) is 0 Å². The average molecular weight is 210 g/mol. The largest absolute Gasteiger partial charge is 0.340 e. The maximum Gasteiger partial charge on any atom is 0.239 e. The molecule has 0 radical (unpaired) electrons. The van der Waals surface area contributed by atoms with Gasteiger partial charge in [0, 0.05) is 13.6 Å². The molecule has 1 aromatic rings. The summed E-state index contributed by atoms with van der Waals surface area (Å²) in [4.78, 5) is 13.0. The van der Waals surface area contributed by atoms with E-state index in [1.807, 2.05) is 0 Å². The van der Waals surface area contributed by atoms with Crippen molar-refractivity contribution < 1.29 is 9.18 Å². The van der Waals surface area contributed by atoms with Crippen LogP contribution in [0.1, 0.15) is 12.5 Å². The number of carbonyl (C=O) groups is 1. The minimum Gasteiger partial charge on any atom is -0.340 e. The Hall–Kier alpha value is -1.42. The van der Waals surface area contributed by atoms with Crippen molar-refractivity contribution in [1.29, 1.82) is 0 Å². The van der Waals surface area contributed by atoms with Crippen LogP contribution in [-0.2, 0) is 11.3 Å². The van der Waals surface area contributed by atoms with Gasteiger partial charge in [0.15, 0.2) is 0 Å². The van der Waals surface area contributed by atoms with Crippen LogP contribution in [-0.4, -0.2) is 23.9 Å². The third kappa shape index (κ3) is 3.32. The van der Waals surface area contributed by atoms with Gasteiger partial charge < -0.3 is 10.6 Å². The highest BCUT2D eigenvalue weighted by atomic mass is 19.1. The lowest BCUT2D eigenvalue weighted by atomic mass is 10.2. The van der Waals surface area contributed by atoms with Gasteiger partial charge in [0.2, 0.25) is 5.91 Å². The Balaban J connectivity index is 2.62. The van der Waals surface area contributed by atoms with E-state index in [2.05, 4.69) is 0 Å². The monoisotopic (exact) mass is 210 g/mol. The topological polar surface area (TPSA) is 46.3 Å². The summed E-state index contributed by atoms with van der Waals surface area (Å²) in [5, 5.41) is 0. The number of carbonyl (C=O) groups excluding carboxylic acids is 1. The summed E-state index contributed by atoms with van der Waals surface area (Å²) in [6.07, 6.45) is 0. The van der Waals surface area contributed by atoms with Crippen LogP contribution in [0.4, 0.5) is 4.39 Å². The molecule has 0 spiro atoms. The van der Waals surface area contributed by atoms with Crippen LogP contribution < -0.4 is 5.73 Å². The summed E-state index contributed by atoms with van der Waals surface area (Å²) in [5.74, 6) is -0.403. The van der Waals surface area contributed by atoms with Gasteiger partial charge in [-0.15, -0.1) is 0 Å². The lowest BCUT2D eigenvalue weighted by Gasteiger charge is -2.19. The zero-order chi connectivity index (χ0) is 11.4. The second-order valence-electron chi connectivity index (χ2n) is 3.61. The van der Waals surface area contributed by atoms with Gasteiger partial charge in [-0.3, -0.25) is 4.79 Å². The summed E-state index contributed by atoms with van der Waals surface area (Å²) in [5.41, 5.74) is 6.35. The van der Waals surface area contributed by atoms with Crippen LogP contribution >= 0.6 is 0 Å². The normalized spacial score (nSPS) is 12.3. The van der Waals surface area contributed by atoms with E-state index in [1.165, 1.54) is 17.0 Å². The van der Waals surface area contributed by atoms with Crippen molar-refractivity contribution in [2.45, 2.75) is 19.5 Å². The van der Waals surface area contributed by atoms with Crippen molar-refractivity contribution in [3.05, 3.63) is 35.6 Å². The molecule has 0 heterocycles. The van der Waals surface area contributed by atoms with Crippen LogP contribution in [0.25, 0.3) is 0 Å². The number of hydrogen-bond donors (Lipinski definition) is 1. The summed E-state index contributed by atoms with van der Waals surface area (Å²) in [6, 6.07) is 5.55. The van der Waals surface area contributed by atoms with E-state index in [9.17, 15) is 9.18 Å². The maximum absolute atomic E-state index is 12.6. The molecule has 82 valence electrons. The third-order valence-corrected chi connectivity index (χ3v) is 2.10. The predicted molar refractivity (Wildman–Crippen MR) is 56.5 cm³/mol. The Morgan fingerprint density at radius 2 is 2.00 bits per heavy atom. The third-order valence-electron chi connectivity index (χ3n) is 2.10. The van der Waals surface area contributed by atoms with E-state index >= 15 is 0 Å². The second kappa shape index (κ2) is 4.89. The van der Waals surface area contributed by atoms with Crippen LogP contribution in [0.3, 0.4) is 0 Å². The summed E-state index contributed by atoms with van der Waals surface area (Å²) >= 11 is 0. The quantitative estimate of drug-likeness (QED) is 0.813. The molecule has 0 bridgehead atoms. The molecule has 1 atom stereocenters. The minimum atomic E-state index is -0.504. The molecule has 0 saturated carbocycles. The van der Waals surface area contributed by atoms with E-state index in [-0.39, 0.29) is 11.7 Å². The summed E-state index contributed by atoms with van der Waals surface area (Å²) in [6.45, 7) is 2.09. The SMILES string of the molecule is C[C@H](N)C(=O)N(C)Cc1ccc(F)cc1. The van der Waals surface area contributed by atoms with Crippen molar-refractivity contribution in [2.24, 2.45) is 5.73 Å². The molecule has 1 rings (SSSR count). The molecule has 0 saturated heterocycles. The lowest BCUT2D eigenvalue weighted by molar-refractivity contribution is -0.131. The Bertz CT molecular complexity index is 335. The Labute approximate surface area is 88.7 Å². The molecular weight excluding hydrogens is 195 g/mol. The summed E-state index contributed by atoms with van der Waals surface area (Å²) < 4.78 is 12.6. The maximum atomic E-state index is 12.6. The smallest absolute Gasteiger partial charge is 0.239 e. The molecule has 2 N–H and O–H groups in total. The number of benzene rings is 1. The number of nitrogens with two attached hydrogens (primary N) is 1. The van der Waals surface area contributed by atoms with Crippen LogP contribution in [0.2, 0.25) is 0 Å². The molecule has 1 aromatic carbocycles. The number of nitrogens with zero attached hydrogens (tertiary/aromatic N) is 1. The van der Waals surface area contributed by atoms with Crippen molar-refractivity contribution in [1.82, 2.24) is 4.90 Å². The molecule has 3 nitrogen and oxygen atoms in total. The molecular formula is C11H15FN2O. The molecule has 1 amide bonds. The van der Waals surface area contributed by atoms with Gasteiger partial charge >= 0.3 is 0 Å². The average Bonchev–Trinajstić information content (AvgIpc) is 2.20. The van der Waals surface area contributed by atoms with Gasteiger partial charge in [0.1, 0.15) is 5.82 Å². The molecule has 0 aliphatic heterocycles. The molecule has 0 aromatic heterocycles.